The number of aliphatic carboxylic acids is 2. The summed E-state index contributed by atoms with van der Waals surface area (Å²) >= 11 is 0. The Morgan fingerprint density at radius 3 is 2.24 bits per heavy atom. The van der Waals surface area contributed by atoms with Crippen molar-refractivity contribution < 1.29 is 24.6 Å². The summed E-state index contributed by atoms with van der Waals surface area (Å²) in [7, 11) is 0. The zero-order chi connectivity index (χ0) is 13.0. The van der Waals surface area contributed by atoms with Crippen LogP contribution in [0.3, 0.4) is 0 Å². The number of nitrogens with zero attached hydrogens (tertiary/aromatic N) is 1. The summed E-state index contributed by atoms with van der Waals surface area (Å²) in [6, 6.07) is 0.631. The number of rotatable bonds is 4. The van der Waals surface area contributed by atoms with Gasteiger partial charge in [0.05, 0.1) is 11.9 Å². The average molecular weight is 239 g/mol. The van der Waals surface area contributed by atoms with Gasteiger partial charge in [-0.1, -0.05) is 0 Å². The van der Waals surface area contributed by atoms with E-state index in [0.717, 1.165) is 0 Å². The predicted molar refractivity (Wildman–Crippen MR) is 55.2 cm³/mol. The Morgan fingerprint density at radius 2 is 1.82 bits per heavy atom. The van der Waals surface area contributed by atoms with E-state index in [-0.39, 0.29) is 5.69 Å². The summed E-state index contributed by atoms with van der Waals surface area (Å²) < 4.78 is 0. The van der Waals surface area contributed by atoms with Crippen LogP contribution in [0.15, 0.2) is 18.3 Å². The molecular formula is C9H9N3O5. The van der Waals surface area contributed by atoms with Crippen LogP contribution in [-0.4, -0.2) is 39.1 Å². The lowest BCUT2D eigenvalue weighted by Crippen LogP contribution is -2.46. The van der Waals surface area contributed by atoms with E-state index in [1.807, 2.05) is 5.32 Å². The fraction of sp³-hybridized carbons (Fsp3) is 0.111. The molecule has 8 heteroatoms. The smallest absolute Gasteiger partial charge is 0.338 e. The van der Waals surface area contributed by atoms with Crippen molar-refractivity contribution in [2.75, 3.05) is 5.73 Å². The molecule has 0 fully saturated rings. The van der Waals surface area contributed by atoms with E-state index in [2.05, 4.69) is 4.98 Å². The summed E-state index contributed by atoms with van der Waals surface area (Å²) in [5.41, 5.74) is 5.55. The van der Waals surface area contributed by atoms with Crippen molar-refractivity contribution in [3.05, 3.63) is 24.0 Å². The van der Waals surface area contributed by atoms with Crippen LogP contribution in [0.4, 0.5) is 5.69 Å². The molecule has 1 aromatic rings. The van der Waals surface area contributed by atoms with Crippen molar-refractivity contribution in [1.29, 1.82) is 0 Å². The Morgan fingerprint density at radius 1 is 1.24 bits per heavy atom. The SMILES string of the molecule is Nc1ccc(C(=O)NC(C(=O)O)C(=O)O)nc1. The summed E-state index contributed by atoms with van der Waals surface area (Å²) in [4.78, 5) is 36.1. The lowest BCUT2D eigenvalue weighted by atomic mass is 10.2. The zero-order valence-electron chi connectivity index (χ0n) is 8.45. The fourth-order valence-electron chi connectivity index (χ4n) is 0.974. The Labute approximate surface area is 95.1 Å². The van der Waals surface area contributed by atoms with Gasteiger partial charge in [-0.2, -0.15) is 0 Å². The van der Waals surface area contributed by atoms with Gasteiger partial charge in [-0.25, -0.2) is 14.6 Å². The highest BCUT2D eigenvalue weighted by Crippen LogP contribution is 2.01. The normalized spacial score (nSPS) is 9.94. The molecule has 0 spiro atoms. The highest BCUT2D eigenvalue weighted by Gasteiger charge is 2.28. The molecule has 0 aromatic carbocycles. The molecule has 0 aliphatic heterocycles. The monoisotopic (exact) mass is 239 g/mol. The number of carbonyl (C=O) groups is 3. The van der Waals surface area contributed by atoms with E-state index in [9.17, 15) is 14.4 Å². The van der Waals surface area contributed by atoms with Gasteiger partial charge in [0.2, 0.25) is 6.04 Å². The van der Waals surface area contributed by atoms with Gasteiger partial charge in [-0.3, -0.25) is 4.79 Å². The number of carboxylic acids is 2. The van der Waals surface area contributed by atoms with Crippen LogP contribution >= 0.6 is 0 Å². The number of nitrogens with two attached hydrogens (primary N) is 1. The van der Waals surface area contributed by atoms with Crippen LogP contribution in [0.25, 0.3) is 0 Å². The summed E-state index contributed by atoms with van der Waals surface area (Å²) in [6.07, 6.45) is 1.20. The van der Waals surface area contributed by atoms with E-state index in [1.165, 1.54) is 18.3 Å². The molecular weight excluding hydrogens is 230 g/mol. The average Bonchev–Trinajstić information content (AvgIpc) is 2.25. The molecule has 1 amide bonds. The Balaban J connectivity index is 2.81. The van der Waals surface area contributed by atoms with Crippen LogP contribution in [-0.2, 0) is 9.59 Å². The maximum absolute atomic E-state index is 11.4. The number of hydrogen-bond donors (Lipinski definition) is 4. The van der Waals surface area contributed by atoms with E-state index < -0.39 is 23.9 Å². The summed E-state index contributed by atoms with van der Waals surface area (Å²) in [5.74, 6) is -4.23. The van der Waals surface area contributed by atoms with E-state index in [0.29, 0.717) is 5.69 Å². The van der Waals surface area contributed by atoms with Crippen LogP contribution < -0.4 is 11.1 Å². The van der Waals surface area contributed by atoms with E-state index >= 15 is 0 Å². The highest BCUT2D eigenvalue weighted by atomic mass is 16.4. The molecule has 0 bridgehead atoms. The molecule has 5 N–H and O–H groups in total. The lowest BCUT2D eigenvalue weighted by Gasteiger charge is -2.09. The minimum atomic E-state index is -2.01. The second kappa shape index (κ2) is 4.92. The molecule has 1 rings (SSSR count). The fourth-order valence-corrected chi connectivity index (χ4v) is 0.974. The molecule has 8 nitrogen and oxygen atoms in total. The first-order valence-corrected chi connectivity index (χ1v) is 4.40. The van der Waals surface area contributed by atoms with Crippen LogP contribution in [0.2, 0.25) is 0 Å². The van der Waals surface area contributed by atoms with Gasteiger partial charge in [0.25, 0.3) is 5.91 Å². The molecule has 17 heavy (non-hydrogen) atoms. The number of nitrogens with one attached hydrogen (secondary N) is 1. The number of anilines is 1. The van der Waals surface area contributed by atoms with Crippen LogP contribution in [0.1, 0.15) is 10.5 Å². The zero-order valence-corrected chi connectivity index (χ0v) is 8.45. The summed E-state index contributed by atoms with van der Waals surface area (Å²) in [6.45, 7) is 0. The van der Waals surface area contributed by atoms with E-state index in [1.54, 1.807) is 0 Å². The molecule has 0 saturated carbocycles. The maximum atomic E-state index is 11.4. The number of aromatic nitrogens is 1. The standard InChI is InChI=1S/C9H9N3O5/c10-4-1-2-5(11-3-4)7(13)12-6(8(14)15)9(16)17/h1-3,6H,10H2,(H,12,13)(H,14,15)(H,16,17). The van der Waals surface area contributed by atoms with Crippen molar-refractivity contribution in [3.8, 4) is 0 Å². The molecule has 1 heterocycles. The molecule has 0 saturated heterocycles. The Kier molecular flexibility index (Phi) is 3.60. The van der Waals surface area contributed by atoms with Gasteiger partial charge in [0.1, 0.15) is 5.69 Å². The first-order chi connectivity index (χ1) is 7.91. The van der Waals surface area contributed by atoms with Crippen LogP contribution in [0.5, 0.6) is 0 Å². The molecule has 90 valence electrons. The quantitative estimate of drug-likeness (QED) is 0.490. The maximum Gasteiger partial charge on any atom is 0.338 e. The third kappa shape index (κ3) is 3.16. The highest BCUT2D eigenvalue weighted by molar-refractivity contribution is 6.03. The second-order valence-corrected chi connectivity index (χ2v) is 3.06. The van der Waals surface area contributed by atoms with Crippen molar-refractivity contribution in [2.45, 2.75) is 6.04 Å². The molecule has 0 atom stereocenters. The predicted octanol–water partition coefficient (Wildman–Crippen LogP) is -1.07. The largest absolute Gasteiger partial charge is 0.479 e. The number of nitrogen functional groups attached to an aromatic ring is 1. The lowest BCUT2D eigenvalue weighted by molar-refractivity contribution is -0.150. The van der Waals surface area contributed by atoms with Crippen molar-refractivity contribution in [2.24, 2.45) is 0 Å². The van der Waals surface area contributed by atoms with Gasteiger partial charge < -0.3 is 21.3 Å². The molecule has 0 aliphatic rings. The molecule has 1 aromatic heterocycles. The van der Waals surface area contributed by atoms with Gasteiger partial charge in [-0.05, 0) is 12.1 Å². The van der Waals surface area contributed by atoms with Crippen molar-refractivity contribution in [3.63, 3.8) is 0 Å². The molecule has 0 radical (unpaired) electrons. The molecule has 0 unspecified atom stereocenters. The minimum absolute atomic E-state index is 0.119. The first-order valence-electron chi connectivity index (χ1n) is 4.40. The minimum Gasteiger partial charge on any atom is -0.479 e. The van der Waals surface area contributed by atoms with Crippen molar-refractivity contribution >= 4 is 23.5 Å². The van der Waals surface area contributed by atoms with Gasteiger partial charge in [-0.15, -0.1) is 0 Å². The third-order valence-electron chi connectivity index (χ3n) is 1.79. The summed E-state index contributed by atoms with van der Waals surface area (Å²) in [5, 5.41) is 18.9. The van der Waals surface area contributed by atoms with Gasteiger partial charge in [0, 0.05) is 0 Å². The number of pyridine rings is 1. The van der Waals surface area contributed by atoms with E-state index in [4.69, 9.17) is 15.9 Å². The number of hydrogen-bond acceptors (Lipinski definition) is 5. The Hall–Kier alpha value is -2.64. The van der Waals surface area contributed by atoms with Crippen LogP contribution in [0, 0.1) is 0 Å². The number of amides is 1. The molecule has 0 aliphatic carbocycles. The van der Waals surface area contributed by atoms with Crippen molar-refractivity contribution in [1.82, 2.24) is 10.3 Å². The number of carboxylic acid groups (broad SMARTS) is 2. The topological polar surface area (TPSA) is 143 Å². The Bertz CT molecular complexity index is 442. The third-order valence-corrected chi connectivity index (χ3v) is 1.79. The number of carbonyl (C=O) groups excluding carboxylic acids is 1. The second-order valence-electron chi connectivity index (χ2n) is 3.06. The first kappa shape index (κ1) is 12.4. The van der Waals surface area contributed by atoms with Gasteiger partial charge in [0.15, 0.2) is 0 Å². The van der Waals surface area contributed by atoms with Gasteiger partial charge >= 0.3 is 11.9 Å².